The molecular weight excluding hydrogens is 414 g/mol. The number of unbranched alkanes of at least 4 members (excludes halogenated alkanes) is 2. The first-order chi connectivity index (χ1) is 16.0. The van der Waals surface area contributed by atoms with Crippen molar-refractivity contribution in [3.63, 3.8) is 0 Å². The summed E-state index contributed by atoms with van der Waals surface area (Å²) in [6.07, 6.45) is 2.40. The van der Waals surface area contributed by atoms with Crippen molar-refractivity contribution in [2.45, 2.75) is 51.3 Å². The fourth-order valence-electron chi connectivity index (χ4n) is 4.88. The van der Waals surface area contributed by atoms with Crippen molar-refractivity contribution in [1.82, 2.24) is 10.2 Å². The molecule has 1 saturated heterocycles. The van der Waals surface area contributed by atoms with Gasteiger partial charge in [-0.2, -0.15) is 0 Å². The van der Waals surface area contributed by atoms with Gasteiger partial charge in [-0.15, -0.1) is 0 Å². The van der Waals surface area contributed by atoms with Crippen molar-refractivity contribution in [2.24, 2.45) is 5.73 Å². The van der Waals surface area contributed by atoms with Crippen LogP contribution in [0.3, 0.4) is 0 Å². The van der Waals surface area contributed by atoms with Crippen LogP contribution in [0.25, 0.3) is 0 Å². The SMILES string of the molecule is CC1CNCC(C)N1CCCCCN1C(=O)C(c2cccc(C(=N)N)c2)Oc2ccccc21. The third kappa shape index (κ3) is 5.20. The number of nitrogens with zero attached hydrogens (tertiary/aromatic N) is 2. The quantitative estimate of drug-likeness (QED) is 0.327. The summed E-state index contributed by atoms with van der Waals surface area (Å²) >= 11 is 0. The predicted molar refractivity (Wildman–Crippen MR) is 132 cm³/mol. The third-order valence-corrected chi connectivity index (χ3v) is 6.70. The Morgan fingerprint density at radius 2 is 1.79 bits per heavy atom. The molecule has 0 saturated carbocycles. The van der Waals surface area contributed by atoms with E-state index in [0.717, 1.165) is 44.6 Å². The number of carbonyl (C=O) groups is 1. The van der Waals surface area contributed by atoms with Gasteiger partial charge in [0.15, 0.2) is 0 Å². The van der Waals surface area contributed by atoms with Crippen LogP contribution in [0.1, 0.15) is 50.3 Å². The van der Waals surface area contributed by atoms with Crippen LogP contribution in [-0.4, -0.2) is 54.9 Å². The Morgan fingerprint density at radius 3 is 2.55 bits per heavy atom. The number of hydrogen-bond donors (Lipinski definition) is 3. The van der Waals surface area contributed by atoms with Gasteiger partial charge in [-0.3, -0.25) is 15.1 Å². The normalized spacial score (nSPS) is 23.2. The van der Waals surface area contributed by atoms with E-state index in [0.29, 0.717) is 35.5 Å². The molecule has 2 aromatic rings. The number of nitrogens with one attached hydrogen (secondary N) is 2. The summed E-state index contributed by atoms with van der Waals surface area (Å²) in [7, 11) is 0. The standard InChI is InChI=1S/C26H35N5O2/c1-18-16-29-17-19(2)30(18)13-6-3-7-14-31-22-11-4-5-12-23(22)33-24(26(31)32)20-9-8-10-21(15-20)25(27)28/h4-5,8-12,15,18-19,24,29H,3,6-7,13-14,16-17H2,1-2H3,(H3,27,28). The molecule has 0 aliphatic carbocycles. The molecule has 2 heterocycles. The molecule has 0 bridgehead atoms. The van der Waals surface area contributed by atoms with Crippen LogP contribution < -0.4 is 20.7 Å². The van der Waals surface area contributed by atoms with E-state index in [2.05, 4.69) is 24.1 Å². The molecule has 2 aliphatic heterocycles. The molecule has 4 N–H and O–H groups in total. The number of ether oxygens (including phenoxy) is 1. The maximum Gasteiger partial charge on any atom is 0.272 e. The van der Waals surface area contributed by atoms with Crippen molar-refractivity contribution < 1.29 is 9.53 Å². The summed E-state index contributed by atoms with van der Waals surface area (Å²) in [6, 6.07) is 16.0. The zero-order chi connectivity index (χ0) is 23.4. The molecule has 1 amide bonds. The first-order valence-electron chi connectivity index (χ1n) is 11.9. The minimum atomic E-state index is -0.734. The topological polar surface area (TPSA) is 94.7 Å². The molecule has 176 valence electrons. The summed E-state index contributed by atoms with van der Waals surface area (Å²) in [5.41, 5.74) is 7.79. The van der Waals surface area contributed by atoms with Gasteiger partial charge in [0.1, 0.15) is 11.6 Å². The Kier molecular flexibility index (Phi) is 7.30. The summed E-state index contributed by atoms with van der Waals surface area (Å²) in [4.78, 5) is 17.9. The fraction of sp³-hybridized carbons (Fsp3) is 0.462. The molecule has 1 fully saturated rings. The van der Waals surface area contributed by atoms with Gasteiger partial charge in [-0.05, 0) is 51.4 Å². The Morgan fingerprint density at radius 1 is 1.06 bits per heavy atom. The highest BCUT2D eigenvalue weighted by atomic mass is 16.5. The highest BCUT2D eigenvalue weighted by Gasteiger charge is 2.35. The van der Waals surface area contributed by atoms with Gasteiger partial charge < -0.3 is 20.7 Å². The minimum Gasteiger partial charge on any atom is -0.474 e. The molecule has 4 rings (SSSR count). The smallest absolute Gasteiger partial charge is 0.272 e. The molecule has 7 nitrogen and oxygen atoms in total. The number of nitrogens with two attached hydrogens (primary N) is 1. The number of rotatable bonds is 8. The van der Waals surface area contributed by atoms with E-state index in [9.17, 15) is 4.79 Å². The third-order valence-electron chi connectivity index (χ3n) is 6.70. The summed E-state index contributed by atoms with van der Waals surface area (Å²) in [6.45, 7) is 8.43. The van der Waals surface area contributed by atoms with Crippen molar-refractivity contribution in [1.29, 1.82) is 5.41 Å². The monoisotopic (exact) mass is 449 g/mol. The number of hydrogen-bond acceptors (Lipinski definition) is 5. The number of benzene rings is 2. The van der Waals surface area contributed by atoms with Crippen LogP contribution in [0.2, 0.25) is 0 Å². The van der Waals surface area contributed by atoms with Gasteiger partial charge in [-0.1, -0.05) is 36.8 Å². The van der Waals surface area contributed by atoms with Crippen LogP contribution in [0, 0.1) is 5.41 Å². The zero-order valence-corrected chi connectivity index (χ0v) is 19.6. The summed E-state index contributed by atoms with van der Waals surface area (Å²) in [5.74, 6) is 0.614. The van der Waals surface area contributed by atoms with E-state index in [4.69, 9.17) is 15.9 Å². The van der Waals surface area contributed by atoms with Gasteiger partial charge in [0.2, 0.25) is 6.10 Å². The second-order valence-corrected chi connectivity index (χ2v) is 9.15. The van der Waals surface area contributed by atoms with Crippen molar-refractivity contribution >= 4 is 17.4 Å². The van der Waals surface area contributed by atoms with E-state index in [1.807, 2.05) is 41.3 Å². The van der Waals surface area contributed by atoms with Crippen molar-refractivity contribution in [2.75, 3.05) is 31.1 Å². The lowest BCUT2D eigenvalue weighted by Crippen LogP contribution is -2.55. The summed E-state index contributed by atoms with van der Waals surface area (Å²) < 4.78 is 6.11. The van der Waals surface area contributed by atoms with Crippen LogP contribution in [0.4, 0.5) is 5.69 Å². The molecule has 0 spiro atoms. The van der Waals surface area contributed by atoms with Gasteiger partial charge >= 0.3 is 0 Å². The predicted octanol–water partition coefficient (Wildman–Crippen LogP) is 3.29. The molecule has 7 heteroatoms. The zero-order valence-electron chi connectivity index (χ0n) is 19.6. The number of carbonyl (C=O) groups excluding carboxylic acids is 1. The van der Waals surface area contributed by atoms with E-state index < -0.39 is 6.10 Å². The van der Waals surface area contributed by atoms with Crippen LogP contribution in [0.15, 0.2) is 48.5 Å². The Bertz CT molecular complexity index is 984. The van der Waals surface area contributed by atoms with Crippen LogP contribution >= 0.6 is 0 Å². The first-order valence-corrected chi connectivity index (χ1v) is 11.9. The molecular formula is C26H35N5O2. The van der Waals surface area contributed by atoms with Crippen molar-refractivity contribution in [3.8, 4) is 5.75 Å². The van der Waals surface area contributed by atoms with E-state index in [1.54, 1.807) is 12.1 Å². The lowest BCUT2D eigenvalue weighted by Gasteiger charge is -2.39. The van der Waals surface area contributed by atoms with E-state index in [-0.39, 0.29) is 11.7 Å². The van der Waals surface area contributed by atoms with Gasteiger partial charge in [0.05, 0.1) is 5.69 Å². The Hall–Kier alpha value is -2.90. The number of amides is 1. The maximum absolute atomic E-state index is 13.5. The highest BCUT2D eigenvalue weighted by Crippen LogP contribution is 2.39. The second-order valence-electron chi connectivity index (χ2n) is 9.15. The molecule has 33 heavy (non-hydrogen) atoms. The molecule has 2 aliphatic rings. The van der Waals surface area contributed by atoms with Crippen molar-refractivity contribution in [3.05, 3.63) is 59.7 Å². The molecule has 3 atom stereocenters. The fourth-order valence-corrected chi connectivity index (χ4v) is 4.88. The second kappa shape index (κ2) is 10.4. The lowest BCUT2D eigenvalue weighted by atomic mass is 10.0. The highest BCUT2D eigenvalue weighted by molar-refractivity contribution is 6.01. The lowest BCUT2D eigenvalue weighted by molar-refractivity contribution is -0.126. The van der Waals surface area contributed by atoms with E-state index >= 15 is 0 Å². The summed E-state index contributed by atoms with van der Waals surface area (Å²) in [5, 5.41) is 11.2. The Labute approximate surface area is 196 Å². The first kappa shape index (κ1) is 23.3. The van der Waals surface area contributed by atoms with Gasteiger partial charge in [-0.25, -0.2) is 0 Å². The Balaban J connectivity index is 1.42. The minimum absolute atomic E-state index is 0.0227. The number of nitrogen functional groups attached to an aromatic ring is 1. The van der Waals surface area contributed by atoms with Gasteiger partial charge in [0.25, 0.3) is 5.91 Å². The van der Waals surface area contributed by atoms with Gasteiger partial charge in [0, 0.05) is 42.8 Å². The largest absolute Gasteiger partial charge is 0.474 e. The number of piperazine rings is 1. The maximum atomic E-state index is 13.5. The number of amidine groups is 1. The van der Waals surface area contributed by atoms with Crippen LogP contribution in [0.5, 0.6) is 5.75 Å². The molecule has 2 aromatic carbocycles. The average molecular weight is 450 g/mol. The molecule has 0 radical (unpaired) electrons. The van der Waals surface area contributed by atoms with Crippen LogP contribution in [-0.2, 0) is 4.79 Å². The number of fused-ring (bicyclic) bond motifs is 1. The molecule has 3 unspecified atom stereocenters. The average Bonchev–Trinajstić information content (AvgIpc) is 2.81. The number of para-hydroxylation sites is 2. The van der Waals surface area contributed by atoms with E-state index in [1.165, 1.54) is 0 Å². The molecule has 0 aromatic heterocycles. The number of anilines is 1.